The van der Waals surface area contributed by atoms with Crippen LogP contribution in [0.2, 0.25) is 0 Å². The molecule has 2 aromatic rings. The highest BCUT2D eigenvalue weighted by atomic mass is 79.9. The maximum atomic E-state index is 12.2. The molecule has 6 nitrogen and oxygen atoms in total. The van der Waals surface area contributed by atoms with Gasteiger partial charge in [0.05, 0.1) is 6.54 Å². The highest BCUT2D eigenvalue weighted by Crippen LogP contribution is 2.47. The molecule has 144 valence electrons. The topological polar surface area (TPSA) is 74.6 Å². The summed E-state index contributed by atoms with van der Waals surface area (Å²) in [6.07, 6.45) is 0.790. The van der Waals surface area contributed by atoms with E-state index in [1.807, 2.05) is 24.3 Å². The first-order chi connectivity index (χ1) is 13.0. The van der Waals surface area contributed by atoms with Crippen molar-refractivity contribution in [3.8, 4) is 0 Å². The molecular weight excluding hydrogens is 410 g/mol. The van der Waals surface area contributed by atoms with Crippen molar-refractivity contribution in [2.45, 2.75) is 32.7 Å². The van der Waals surface area contributed by atoms with Crippen molar-refractivity contribution in [3.05, 3.63) is 58.0 Å². The standard InChI is InChI=1S/C20H24BrN3O3/c1-3-24(4-2)12-15-9-10-18(27-15)20(26)23-22-19(25)17-11-16(17)13-5-7-14(21)8-6-13/h5-10,16-17H,3-4,11-12H2,1-2H3,(H,22,25)(H,23,26). The zero-order valence-electron chi connectivity index (χ0n) is 15.5. The molecule has 1 aliphatic rings. The van der Waals surface area contributed by atoms with E-state index in [0.29, 0.717) is 6.54 Å². The van der Waals surface area contributed by atoms with Crippen LogP contribution in [0.15, 0.2) is 45.3 Å². The SMILES string of the molecule is CCN(CC)Cc1ccc(C(=O)NNC(=O)C2CC2c2ccc(Br)cc2)o1. The average Bonchev–Trinajstić information content (AvgIpc) is 3.34. The van der Waals surface area contributed by atoms with Crippen LogP contribution in [0.3, 0.4) is 0 Å². The van der Waals surface area contributed by atoms with E-state index in [2.05, 4.69) is 45.5 Å². The number of nitrogens with one attached hydrogen (secondary N) is 2. The Labute approximate surface area is 167 Å². The van der Waals surface area contributed by atoms with Gasteiger partial charge in [-0.05, 0) is 55.3 Å². The van der Waals surface area contributed by atoms with E-state index in [-0.39, 0.29) is 23.5 Å². The van der Waals surface area contributed by atoms with Crippen molar-refractivity contribution in [1.82, 2.24) is 15.8 Å². The van der Waals surface area contributed by atoms with Crippen LogP contribution >= 0.6 is 15.9 Å². The van der Waals surface area contributed by atoms with Gasteiger partial charge in [-0.1, -0.05) is 41.9 Å². The molecule has 2 N–H and O–H groups in total. The summed E-state index contributed by atoms with van der Waals surface area (Å²) >= 11 is 3.41. The molecule has 2 unspecified atom stereocenters. The highest BCUT2D eigenvalue weighted by molar-refractivity contribution is 9.10. The van der Waals surface area contributed by atoms with E-state index < -0.39 is 5.91 Å². The number of hydrazine groups is 1. The van der Waals surface area contributed by atoms with Gasteiger partial charge in [0, 0.05) is 10.4 Å². The molecule has 7 heteroatoms. The van der Waals surface area contributed by atoms with E-state index in [0.717, 1.165) is 35.3 Å². The second-order valence-electron chi connectivity index (χ2n) is 6.67. The summed E-state index contributed by atoms with van der Waals surface area (Å²) in [5.74, 6) is 0.396. The quantitative estimate of drug-likeness (QED) is 0.655. The Morgan fingerprint density at radius 3 is 2.48 bits per heavy atom. The number of benzene rings is 1. The molecule has 3 rings (SSSR count). The van der Waals surface area contributed by atoms with Crippen LogP contribution in [0.25, 0.3) is 0 Å². The molecule has 0 aliphatic heterocycles. The van der Waals surface area contributed by atoms with Gasteiger partial charge in [0.25, 0.3) is 0 Å². The number of nitrogens with zero attached hydrogens (tertiary/aromatic N) is 1. The lowest BCUT2D eigenvalue weighted by Gasteiger charge is -2.15. The number of hydrogen-bond donors (Lipinski definition) is 2. The molecule has 2 atom stereocenters. The number of hydrogen-bond acceptors (Lipinski definition) is 4. The molecule has 0 saturated heterocycles. The number of halogens is 1. The fraction of sp³-hybridized carbons (Fsp3) is 0.400. The van der Waals surface area contributed by atoms with Crippen LogP contribution in [-0.4, -0.2) is 29.8 Å². The van der Waals surface area contributed by atoms with Crippen LogP contribution in [-0.2, 0) is 11.3 Å². The molecule has 1 heterocycles. The lowest BCUT2D eigenvalue weighted by atomic mass is 10.1. The Morgan fingerprint density at radius 2 is 1.81 bits per heavy atom. The van der Waals surface area contributed by atoms with E-state index in [1.165, 1.54) is 0 Å². The molecule has 2 amide bonds. The van der Waals surface area contributed by atoms with Gasteiger partial charge in [0.1, 0.15) is 5.76 Å². The normalized spacial score (nSPS) is 18.4. The summed E-state index contributed by atoms with van der Waals surface area (Å²) in [5.41, 5.74) is 6.09. The van der Waals surface area contributed by atoms with E-state index >= 15 is 0 Å². The Balaban J connectivity index is 1.47. The van der Waals surface area contributed by atoms with E-state index in [1.54, 1.807) is 12.1 Å². The molecular formula is C20H24BrN3O3. The minimum atomic E-state index is -0.449. The average molecular weight is 434 g/mol. The van der Waals surface area contributed by atoms with Crippen LogP contribution < -0.4 is 10.9 Å². The largest absolute Gasteiger partial charge is 0.454 e. The van der Waals surface area contributed by atoms with Crippen molar-refractivity contribution in [3.63, 3.8) is 0 Å². The van der Waals surface area contributed by atoms with Gasteiger partial charge in [-0.2, -0.15) is 0 Å². The second kappa shape index (κ2) is 8.71. The lowest BCUT2D eigenvalue weighted by Crippen LogP contribution is -2.42. The molecule has 1 aliphatic carbocycles. The number of amides is 2. The lowest BCUT2D eigenvalue weighted by molar-refractivity contribution is -0.123. The van der Waals surface area contributed by atoms with Crippen molar-refractivity contribution in [1.29, 1.82) is 0 Å². The Bertz CT molecular complexity index is 799. The number of rotatable bonds is 7. The van der Waals surface area contributed by atoms with Crippen LogP contribution in [0.4, 0.5) is 0 Å². The molecule has 1 saturated carbocycles. The summed E-state index contributed by atoms with van der Waals surface area (Å²) in [7, 11) is 0. The third kappa shape index (κ3) is 4.99. The van der Waals surface area contributed by atoms with E-state index in [4.69, 9.17) is 4.42 Å². The summed E-state index contributed by atoms with van der Waals surface area (Å²) < 4.78 is 6.59. The smallest absolute Gasteiger partial charge is 0.305 e. The monoisotopic (exact) mass is 433 g/mol. The molecule has 1 aromatic carbocycles. The maximum absolute atomic E-state index is 12.2. The Kier molecular flexibility index (Phi) is 6.34. The molecule has 0 spiro atoms. The van der Waals surface area contributed by atoms with Gasteiger partial charge in [-0.25, -0.2) is 0 Å². The van der Waals surface area contributed by atoms with Crippen LogP contribution in [0, 0.1) is 5.92 Å². The fourth-order valence-electron chi connectivity index (χ4n) is 3.09. The van der Waals surface area contributed by atoms with Crippen LogP contribution in [0.5, 0.6) is 0 Å². The first-order valence-corrected chi connectivity index (χ1v) is 9.97. The minimum Gasteiger partial charge on any atom is -0.454 e. The second-order valence-corrected chi connectivity index (χ2v) is 7.59. The van der Waals surface area contributed by atoms with Gasteiger partial charge in [-0.15, -0.1) is 0 Å². The van der Waals surface area contributed by atoms with Gasteiger partial charge >= 0.3 is 5.91 Å². The molecule has 27 heavy (non-hydrogen) atoms. The van der Waals surface area contributed by atoms with Crippen molar-refractivity contribution in [2.75, 3.05) is 13.1 Å². The fourth-order valence-corrected chi connectivity index (χ4v) is 3.35. The minimum absolute atomic E-state index is 0.110. The van der Waals surface area contributed by atoms with Crippen LogP contribution in [0.1, 0.15) is 48.1 Å². The zero-order valence-corrected chi connectivity index (χ0v) is 17.1. The van der Waals surface area contributed by atoms with Crippen molar-refractivity contribution in [2.24, 2.45) is 5.92 Å². The molecule has 1 fully saturated rings. The predicted octanol–water partition coefficient (Wildman–Crippen LogP) is 3.45. The van der Waals surface area contributed by atoms with Gasteiger partial charge in [-0.3, -0.25) is 25.3 Å². The van der Waals surface area contributed by atoms with Gasteiger partial charge < -0.3 is 4.42 Å². The number of furan rings is 1. The van der Waals surface area contributed by atoms with Gasteiger partial charge in [0.2, 0.25) is 5.91 Å². The molecule has 0 radical (unpaired) electrons. The number of carbonyl (C=O) groups excluding carboxylic acids is 2. The summed E-state index contributed by atoms with van der Waals surface area (Å²) in [5, 5.41) is 0. The predicted molar refractivity (Wildman–Crippen MR) is 106 cm³/mol. The first kappa shape index (κ1) is 19.6. The Hall–Kier alpha value is -2.12. The maximum Gasteiger partial charge on any atom is 0.305 e. The molecule has 0 bridgehead atoms. The van der Waals surface area contributed by atoms with Gasteiger partial charge in [0.15, 0.2) is 5.76 Å². The third-order valence-corrected chi connectivity index (χ3v) is 5.41. The first-order valence-electron chi connectivity index (χ1n) is 9.18. The highest BCUT2D eigenvalue weighted by Gasteiger charge is 2.44. The summed E-state index contributed by atoms with van der Waals surface area (Å²) in [6, 6.07) is 11.4. The van der Waals surface area contributed by atoms with Crippen molar-refractivity contribution >= 4 is 27.7 Å². The zero-order chi connectivity index (χ0) is 19.4. The summed E-state index contributed by atoms with van der Waals surface area (Å²) in [4.78, 5) is 26.6. The summed E-state index contributed by atoms with van der Waals surface area (Å²) in [6.45, 7) is 6.64. The number of carbonyl (C=O) groups is 2. The van der Waals surface area contributed by atoms with E-state index in [9.17, 15) is 9.59 Å². The Morgan fingerprint density at radius 1 is 1.11 bits per heavy atom. The van der Waals surface area contributed by atoms with Crippen molar-refractivity contribution < 1.29 is 14.0 Å². The third-order valence-electron chi connectivity index (χ3n) is 4.88. The molecule has 1 aromatic heterocycles.